The van der Waals surface area contributed by atoms with Crippen LogP contribution in [-0.4, -0.2) is 34.7 Å². The number of esters is 1. The summed E-state index contributed by atoms with van der Waals surface area (Å²) in [4.78, 5) is 22.2. The molecular formula is C12H12BrF2NO5. The number of phenols is 1. The second-order valence-electron chi connectivity index (χ2n) is 3.98. The molecule has 9 heteroatoms. The van der Waals surface area contributed by atoms with Gasteiger partial charge in [-0.2, -0.15) is 8.78 Å². The number of carbonyl (C=O) groups is 2. The van der Waals surface area contributed by atoms with Crippen LogP contribution in [0.15, 0.2) is 16.6 Å². The second kappa shape index (κ2) is 6.35. The first kappa shape index (κ1) is 17.3. The molecule has 6 nitrogen and oxygen atoms in total. The van der Waals surface area contributed by atoms with Crippen LogP contribution in [0.1, 0.15) is 28.9 Å². The molecule has 1 aromatic rings. The number of aromatic carboxylic acids is 1. The summed E-state index contributed by atoms with van der Waals surface area (Å²) in [5.74, 6) is -8.45. The Bertz CT molecular complexity index is 579. The number of aromatic hydroxyl groups is 1. The Balaban J connectivity index is 3.36. The standard InChI is InChI=1S/C12H12BrF2NO5/c1-2-21-11(20)12(14,15)9(16)7-6(13)4-3-5(8(7)17)10(18)19/h3-4,9,17H,2,16H2,1H3,(H,18,19)/t9-/m0/s1. The van der Waals surface area contributed by atoms with Crippen molar-refractivity contribution in [2.24, 2.45) is 5.73 Å². The number of hydrogen-bond donors (Lipinski definition) is 3. The number of nitrogens with two attached hydrogens (primary N) is 1. The molecule has 0 aromatic heterocycles. The molecule has 0 saturated heterocycles. The van der Waals surface area contributed by atoms with E-state index in [0.29, 0.717) is 0 Å². The van der Waals surface area contributed by atoms with Crippen molar-refractivity contribution in [3.63, 3.8) is 0 Å². The lowest BCUT2D eigenvalue weighted by Gasteiger charge is -2.23. The van der Waals surface area contributed by atoms with Gasteiger partial charge in [0.1, 0.15) is 17.4 Å². The molecule has 4 N–H and O–H groups in total. The summed E-state index contributed by atoms with van der Waals surface area (Å²) in [7, 11) is 0. The Morgan fingerprint density at radius 1 is 1.48 bits per heavy atom. The Morgan fingerprint density at radius 2 is 2.05 bits per heavy atom. The first-order valence-corrected chi connectivity index (χ1v) is 6.49. The molecule has 0 aliphatic rings. The monoisotopic (exact) mass is 367 g/mol. The number of carbonyl (C=O) groups excluding carboxylic acids is 1. The molecule has 0 saturated carbocycles. The number of ether oxygens (including phenoxy) is 1. The second-order valence-corrected chi connectivity index (χ2v) is 4.84. The molecule has 0 radical (unpaired) electrons. The lowest BCUT2D eigenvalue weighted by atomic mass is 9.97. The summed E-state index contributed by atoms with van der Waals surface area (Å²) in [5, 5.41) is 18.7. The lowest BCUT2D eigenvalue weighted by Crippen LogP contribution is -2.42. The van der Waals surface area contributed by atoms with Crippen LogP contribution in [-0.2, 0) is 9.53 Å². The molecule has 1 rings (SSSR count). The first-order chi connectivity index (χ1) is 9.64. The number of alkyl halides is 2. The average Bonchev–Trinajstić information content (AvgIpc) is 2.38. The Labute approximate surface area is 126 Å². The molecule has 0 unspecified atom stereocenters. The van der Waals surface area contributed by atoms with E-state index in [0.717, 1.165) is 12.1 Å². The third kappa shape index (κ3) is 3.30. The van der Waals surface area contributed by atoms with Crippen molar-refractivity contribution in [2.45, 2.75) is 18.9 Å². The van der Waals surface area contributed by atoms with Crippen molar-refractivity contribution in [1.82, 2.24) is 0 Å². The van der Waals surface area contributed by atoms with E-state index in [1.165, 1.54) is 6.92 Å². The van der Waals surface area contributed by atoms with Crippen molar-refractivity contribution < 1.29 is 33.3 Å². The van der Waals surface area contributed by atoms with Crippen LogP contribution in [0, 0.1) is 0 Å². The fraction of sp³-hybridized carbons (Fsp3) is 0.333. The van der Waals surface area contributed by atoms with Crippen LogP contribution in [0.2, 0.25) is 0 Å². The summed E-state index contributed by atoms with van der Waals surface area (Å²) in [5.41, 5.74) is 4.14. The topological polar surface area (TPSA) is 110 Å². The van der Waals surface area contributed by atoms with Gasteiger partial charge in [-0.25, -0.2) is 9.59 Å². The van der Waals surface area contributed by atoms with Gasteiger partial charge in [0.2, 0.25) is 0 Å². The number of carboxylic acid groups (broad SMARTS) is 1. The molecule has 1 atom stereocenters. The highest BCUT2D eigenvalue weighted by molar-refractivity contribution is 9.10. The minimum atomic E-state index is -4.13. The van der Waals surface area contributed by atoms with E-state index < -0.39 is 40.8 Å². The van der Waals surface area contributed by atoms with Gasteiger partial charge in [0.05, 0.1) is 6.61 Å². The van der Waals surface area contributed by atoms with Gasteiger partial charge in [-0.15, -0.1) is 0 Å². The van der Waals surface area contributed by atoms with Crippen LogP contribution in [0.4, 0.5) is 8.78 Å². The molecule has 1 aromatic carbocycles. The number of rotatable bonds is 5. The van der Waals surface area contributed by atoms with Crippen LogP contribution in [0.3, 0.4) is 0 Å². The number of carboxylic acids is 1. The third-order valence-electron chi connectivity index (χ3n) is 2.64. The normalized spacial score (nSPS) is 12.8. The van der Waals surface area contributed by atoms with Crippen molar-refractivity contribution in [2.75, 3.05) is 6.61 Å². The number of hydrogen-bond acceptors (Lipinski definition) is 5. The zero-order valence-corrected chi connectivity index (χ0v) is 12.4. The van der Waals surface area contributed by atoms with E-state index in [2.05, 4.69) is 20.7 Å². The summed E-state index contributed by atoms with van der Waals surface area (Å²) in [6, 6.07) is -0.120. The Morgan fingerprint density at radius 3 is 2.52 bits per heavy atom. The smallest absolute Gasteiger partial charge is 0.379 e. The molecule has 0 aliphatic carbocycles. The van der Waals surface area contributed by atoms with Crippen molar-refractivity contribution in [3.8, 4) is 5.75 Å². The van der Waals surface area contributed by atoms with E-state index >= 15 is 0 Å². The number of halogens is 3. The maximum Gasteiger partial charge on any atom is 0.379 e. The van der Waals surface area contributed by atoms with E-state index in [-0.39, 0.29) is 11.1 Å². The van der Waals surface area contributed by atoms with Gasteiger partial charge in [-0.3, -0.25) is 0 Å². The highest BCUT2D eigenvalue weighted by Gasteiger charge is 2.49. The van der Waals surface area contributed by atoms with E-state index in [1.54, 1.807) is 0 Å². The van der Waals surface area contributed by atoms with E-state index in [1.807, 2.05) is 0 Å². The molecule has 0 bridgehead atoms. The minimum Gasteiger partial charge on any atom is -0.507 e. The predicted octanol–water partition coefficient (Wildman–Crippen LogP) is 2.05. The maximum absolute atomic E-state index is 13.9. The van der Waals surface area contributed by atoms with Gasteiger partial charge >= 0.3 is 17.9 Å². The van der Waals surface area contributed by atoms with Crippen LogP contribution in [0.5, 0.6) is 5.75 Å². The fourth-order valence-electron chi connectivity index (χ4n) is 1.59. The molecule has 0 fully saturated rings. The summed E-state index contributed by atoms with van der Waals surface area (Å²) >= 11 is 2.89. The molecule has 0 spiro atoms. The molecule has 21 heavy (non-hydrogen) atoms. The lowest BCUT2D eigenvalue weighted by molar-refractivity contribution is -0.174. The fourth-order valence-corrected chi connectivity index (χ4v) is 2.15. The van der Waals surface area contributed by atoms with E-state index in [9.17, 15) is 23.5 Å². The average molecular weight is 368 g/mol. The minimum absolute atomic E-state index is 0.0542. The zero-order valence-electron chi connectivity index (χ0n) is 10.8. The maximum atomic E-state index is 13.9. The highest BCUT2D eigenvalue weighted by Crippen LogP contribution is 2.40. The Hall–Kier alpha value is -1.74. The Kier molecular flexibility index (Phi) is 5.24. The van der Waals surface area contributed by atoms with Gasteiger partial charge in [0.25, 0.3) is 0 Å². The summed E-state index contributed by atoms with van der Waals surface area (Å²) in [6.07, 6.45) is 0. The third-order valence-corrected chi connectivity index (χ3v) is 3.33. The van der Waals surface area contributed by atoms with Crippen molar-refractivity contribution >= 4 is 27.9 Å². The highest BCUT2D eigenvalue weighted by atomic mass is 79.9. The predicted molar refractivity (Wildman–Crippen MR) is 71.3 cm³/mol. The quantitative estimate of drug-likeness (QED) is 0.687. The van der Waals surface area contributed by atoms with Gasteiger partial charge in [-0.1, -0.05) is 15.9 Å². The van der Waals surface area contributed by atoms with Gasteiger partial charge < -0.3 is 20.7 Å². The summed E-state index contributed by atoms with van der Waals surface area (Å²) < 4.78 is 32.0. The molecule has 116 valence electrons. The molecule has 0 aliphatic heterocycles. The van der Waals surface area contributed by atoms with Crippen molar-refractivity contribution in [3.05, 3.63) is 27.7 Å². The zero-order chi connectivity index (χ0) is 16.4. The largest absolute Gasteiger partial charge is 0.507 e. The van der Waals surface area contributed by atoms with E-state index in [4.69, 9.17) is 10.8 Å². The summed E-state index contributed by atoms with van der Waals surface area (Å²) in [6.45, 7) is 1.07. The first-order valence-electron chi connectivity index (χ1n) is 5.69. The number of benzene rings is 1. The van der Waals surface area contributed by atoms with Gasteiger partial charge in [0, 0.05) is 10.0 Å². The van der Waals surface area contributed by atoms with Gasteiger partial charge in [0.15, 0.2) is 0 Å². The molecule has 0 amide bonds. The molecule has 0 heterocycles. The van der Waals surface area contributed by atoms with Crippen LogP contribution < -0.4 is 5.73 Å². The molecular weight excluding hydrogens is 356 g/mol. The van der Waals surface area contributed by atoms with Crippen LogP contribution in [0.25, 0.3) is 0 Å². The van der Waals surface area contributed by atoms with Crippen LogP contribution >= 0.6 is 15.9 Å². The van der Waals surface area contributed by atoms with Gasteiger partial charge in [-0.05, 0) is 19.1 Å². The SMILES string of the molecule is CCOC(=O)C(F)(F)[C@@H](N)c1c(Br)ccc(C(=O)O)c1O. The van der Waals surface area contributed by atoms with Crippen molar-refractivity contribution in [1.29, 1.82) is 0 Å².